The average Bonchev–Trinajstić information content (AvgIpc) is 3.06. The van der Waals surface area contributed by atoms with E-state index in [1.54, 1.807) is 38.5 Å². The van der Waals surface area contributed by atoms with Crippen molar-refractivity contribution in [1.29, 1.82) is 0 Å². The van der Waals surface area contributed by atoms with Crippen LogP contribution in [0.25, 0.3) is 11.0 Å². The van der Waals surface area contributed by atoms with Crippen molar-refractivity contribution in [2.24, 2.45) is 0 Å². The molecule has 0 aliphatic rings. The van der Waals surface area contributed by atoms with Crippen LogP contribution in [0.3, 0.4) is 0 Å². The lowest BCUT2D eigenvalue weighted by Crippen LogP contribution is -2.29. The number of amides is 1. The molecule has 1 N–H and O–H groups in total. The highest BCUT2D eigenvalue weighted by atomic mass is 16.5. The second-order valence-electron chi connectivity index (χ2n) is 5.35. The zero-order valence-electron chi connectivity index (χ0n) is 13.6. The van der Waals surface area contributed by atoms with Gasteiger partial charge in [-0.1, -0.05) is 24.3 Å². The smallest absolute Gasteiger partial charge is 0.251 e. The number of hydrogen-bond acceptors (Lipinski definition) is 4. The molecular formula is C19H19NO4. The summed E-state index contributed by atoms with van der Waals surface area (Å²) in [6, 6.07) is 16.7. The van der Waals surface area contributed by atoms with Crippen LogP contribution in [0.2, 0.25) is 0 Å². The van der Waals surface area contributed by atoms with Crippen LogP contribution >= 0.6 is 0 Å². The molecule has 0 saturated heterocycles. The number of carbonyl (C=O) groups is 1. The number of hydrogen-bond donors (Lipinski definition) is 1. The van der Waals surface area contributed by atoms with Crippen LogP contribution in [0.15, 0.2) is 59.0 Å². The number of ether oxygens (including phenoxy) is 2. The Balaban J connectivity index is 1.70. The quantitative estimate of drug-likeness (QED) is 0.753. The molecule has 3 rings (SSSR count). The number of para-hydroxylation sites is 1. The van der Waals surface area contributed by atoms with Gasteiger partial charge in [-0.2, -0.15) is 0 Å². The Bertz CT molecular complexity index is 807. The molecule has 1 amide bonds. The van der Waals surface area contributed by atoms with E-state index in [1.165, 1.54) is 0 Å². The first-order chi connectivity index (χ1) is 11.7. The second-order valence-corrected chi connectivity index (χ2v) is 5.35. The van der Waals surface area contributed by atoms with Gasteiger partial charge in [0.25, 0.3) is 5.91 Å². The Morgan fingerprint density at radius 3 is 2.71 bits per heavy atom. The van der Waals surface area contributed by atoms with Crippen molar-refractivity contribution in [3.63, 3.8) is 0 Å². The number of methoxy groups -OCH3 is 2. The topological polar surface area (TPSA) is 60.7 Å². The first kappa shape index (κ1) is 16.1. The number of furan rings is 1. The fraction of sp³-hybridized carbons (Fsp3) is 0.211. The van der Waals surface area contributed by atoms with Gasteiger partial charge in [-0.05, 0) is 30.3 Å². The Morgan fingerprint density at radius 2 is 1.96 bits per heavy atom. The van der Waals surface area contributed by atoms with Gasteiger partial charge in [0.2, 0.25) is 0 Å². The average molecular weight is 325 g/mol. The van der Waals surface area contributed by atoms with Crippen LogP contribution in [-0.4, -0.2) is 26.7 Å². The maximum absolute atomic E-state index is 12.3. The van der Waals surface area contributed by atoms with E-state index in [1.807, 2.05) is 30.3 Å². The molecular weight excluding hydrogens is 306 g/mol. The van der Waals surface area contributed by atoms with Crippen LogP contribution in [0.4, 0.5) is 0 Å². The molecule has 1 heterocycles. The molecule has 1 atom stereocenters. The van der Waals surface area contributed by atoms with Crippen molar-refractivity contribution in [2.75, 3.05) is 20.8 Å². The lowest BCUT2D eigenvalue weighted by Gasteiger charge is -2.14. The summed E-state index contributed by atoms with van der Waals surface area (Å²) < 4.78 is 16.4. The molecule has 0 fully saturated rings. The SMILES string of the molecule is COc1cccc(C(=O)NC[C@@H](OC)c2cc3ccccc3o2)c1. The highest BCUT2D eigenvalue weighted by Gasteiger charge is 2.17. The van der Waals surface area contributed by atoms with E-state index < -0.39 is 0 Å². The molecule has 124 valence electrons. The predicted molar refractivity (Wildman–Crippen MR) is 91.3 cm³/mol. The molecule has 5 heteroatoms. The second kappa shape index (κ2) is 7.19. The van der Waals surface area contributed by atoms with Crippen LogP contribution in [0.1, 0.15) is 22.2 Å². The maximum Gasteiger partial charge on any atom is 0.251 e. The third-order valence-electron chi connectivity index (χ3n) is 3.83. The number of fused-ring (bicyclic) bond motifs is 1. The van der Waals surface area contributed by atoms with E-state index in [-0.39, 0.29) is 12.0 Å². The summed E-state index contributed by atoms with van der Waals surface area (Å²) in [6.07, 6.45) is -0.355. The van der Waals surface area contributed by atoms with Crippen molar-refractivity contribution in [3.05, 3.63) is 65.9 Å². The minimum absolute atomic E-state index is 0.188. The van der Waals surface area contributed by atoms with Crippen molar-refractivity contribution in [1.82, 2.24) is 5.32 Å². The molecule has 24 heavy (non-hydrogen) atoms. The molecule has 1 aromatic heterocycles. The number of rotatable bonds is 6. The summed E-state index contributed by atoms with van der Waals surface area (Å²) >= 11 is 0. The lowest BCUT2D eigenvalue weighted by molar-refractivity contribution is 0.0747. The van der Waals surface area contributed by atoms with Gasteiger partial charge in [0, 0.05) is 18.1 Å². The van der Waals surface area contributed by atoms with Crippen molar-refractivity contribution in [3.8, 4) is 5.75 Å². The fourth-order valence-electron chi connectivity index (χ4n) is 2.51. The molecule has 0 spiro atoms. The molecule has 5 nitrogen and oxygen atoms in total. The van der Waals surface area contributed by atoms with Gasteiger partial charge in [-0.25, -0.2) is 0 Å². The normalized spacial score (nSPS) is 12.1. The summed E-state index contributed by atoms with van der Waals surface area (Å²) in [4.78, 5) is 12.3. The third kappa shape index (κ3) is 3.41. The van der Waals surface area contributed by atoms with Crippen LogP contribution in [0, 0.1) is 0 Å². The molecule has 3 aromatic rings. The summed E-state index contributed by atoms with van der Waals surface area (Å²) in [6.45, 7) is 0.312. The van der Waals surface area contributed by atoms with E-state index in [4.69, 9.17) is 13.9 Å². The highest BCUT2D eigenvalue weighted by Crippen LogP contribution is 2.25. The first-order valence-corrected chi connectivity index (χ1v) is 7.65. The molecule has 0 saturated carbocycles. The van der Waals surface area contributed by atoms with E-state index in [2.05, 4.69) is 5.32 Å². The number of nitrogens with one attached hydrogen (secondary N) is 1. The molecule has 0 bridgehead atoms. The third-order valence-corrected chi connectivity index (χ3v) is 3.83. The molecule has 0 aliphatic carbocycles. The Morgan fingerprint density at radius 1 is 1.12 bits per heavy atom. The Kier molecular flexibility index (Phi) is 4.82. The Labute approximate surface area is 140 Å². The monoisotopic (exact) mass is 325 g/mol. The van der Waals surface area contributed by atoms with Gasteiger partial charge in [0.05, 0.1) is 13.7 Å². The molecule has 2 aromatic carbocycles. The lowest BCUT2D eigenvalue weighted by atomic mass is 10.2. The summed E-state index contributed by atoms with van der Waals surface area (Å²) in [5.41, 5.74) is 1.34. The van der Waals surface area contributed by atoms with Crippen molar-refractivity contribution < 1.29 is 18.7 Å². The number of benzene rings is 2. The first-order valence-electron chi connectivity index (χ1n) is 7.65. The fourth-order valence-corrected chi connectivity index (χ4v) is 2.51. The van der Waals surface area contributed by atoms with Gasteiger partial charge in [0.15, 0.2) is 0 Å². The summed E-state index contributed by atoms with van der Waals surface area (Å²) in [5.74, 6) is 1.14. The van der Waals surface area contributed by atoms with Gasteiger partial charge in [-0.3, -0.25) is 4.79 Å². The zero-order chi connectivity index (χ0) is 16.9. The van der Waals surface area contributed by atoms with E-state index in [9.17, 15) is 4.79 Å². The minimum Gasteiger partial charge on any atom is -0.497 e. The summed E-state index contributed by atoms with van der Waals surface area (Å²) in [5, 5.41) is 3.87. The zero-order valence-corrected chi connectivity index (χ0v) is 13.6. The van der Waals surface area contributed by atoms with Crippen LogP contribution in [-0.2, 0) is 4.74 Å². The summed E-state index contributed by atoms with van der Waals surface area (Å²) in [7, 11) is 3.16. The van der Waals surface area contributed by atoms with Crippen molar-refractivity contribution >= 4 is 16.9 Å². The largest absolute Gasteiger partial charge is 0.497 e. The molecule has 0 unspecified atom stereocenters. The van der Waals surface area contributed by atoms with Crippen LogP contribution in [0.5, 0.6) is 5.75 Å². The van der Waals surface area contributed by atoms with Gasteiger partial charge in [-0.15, -0.1) is 0 Å². The van der Waals surface area contributed by atoms with E-state index in [0.717, 1.165) is 11.0 Å². The minimum atomic E-state index is -0.355. The van der Waals surface area contributed by atoms with Gasteiger partial charge >= 0.3 is 0 Å². The Hall–Kier alpha value is -2.79. The van der Waals surface area contributed by atoms with E-state index in [0.29, 0.717) is 23.6 Å². The standard InChI is InChI=1S/C19H19NO4/c1-22-15-8-5-7-14(10-15)19(21)20-12-18(23-2)17-11-13-6-3-4-9-16(13)24-17/h3-11,18H,12H2,1-2H3,(H,20,21)/t18-/m1/s1. The van der Waals surface area contributed by atoms with Gasteiger partial charge in [0.1, 0.15) is 23.2 Å². The molecule has 0 aliphatic heterocycles. The van der Waals surface area contributed by atoms with Gasteiger partial charge < -0.3 is 19.2 Å². The van der Waals surface area contributed by atoms with Crippen LogP contribution < -0.4 is 10.1 Å². The number of carbonyl (C=O) groups excluding carboxylic acids is 1. The molecule has 0 radical (unpaired) electrons. The maximum atomic E-state index is 12.3. The van der Waals surface area contributed by atoms with E-state index >= 15 is 0 Å². The predicted octanol–water partition coefficient (Wildman–Crippen LogP) is 3.56. The van der Waals surface area contributed by atoms with Crippen molar-refractivity contribution in [2.45, 2.75) is 6.10 Å². The highest BCUT2D eigenvalue weighted by molar-refractivity contribution is 5.94.